The summed E-state index contributed by atoms with van der Waals surface area (Å²) in [4.78, 5) is 0. The Morgan fingerprint density at radius 3 is 1.56 bits per heavy atom. The number of pyridine rings is 1. The molecule has 0 aliphatic heterocycles. The summed E-state index contributed by atoms with van der Waals surface area (Å²) in [5.74, 6) is 6.94. The summed E-state index contributed by atoms with van der Waals surface area (Å²) >= 11 is 0. The van der Waals surface area contributed by atoms with Crippen molar-refractivity contribution in [3.05, 3.63) is 113 Å². The SMILES string of the molecule is CCCC[n+]1c(-c2ccccc2)c(C)c(C#Cc2ccccc2)c(C)c1-c1ccccc1. The summed E-state index contributed by atoms with van der Waals surface area (Å²) in [7, 11) is 0. The molecule has 1 heteroatoms. The Morgan fingerprint density at radius 2 is 1.09 bits per heavy atom. The van der Waals surface area contributed by atoms with Crippen LogP contribution < -0.4 is 4.57 Å². The van der Waals surface area contributed by atoms with E-state index >= 15 is 0 Å². The van der Waals surface area contributed by atoms with Crippen LogP contribution in [0.1, 0.15) is 42.0 Å². The lowest BCUT2D eigenvalue weighted by molar-refractivity contribution is -0.676. The molecule has 1 nitrogen and oxygen atoms in total. The molecule has 1 heterocycles. The predicted octanol–water partition coefficient (Wildman–Crippen LogP) is 7.12. The normalized spacial score (nSPS) is 10.5. The van der Waals surface area contributed by atoms with Crippen LogP contribution in [0.4, 0.5) is 0 Å². The molecule has 4 aromatic rings. The Morgan fingerprint density at radius 1 is 0.625 bits per heavy atom. The molecule has 0 N–H and O–H groups in total. The van der Waals surface area contributed by atoms with E-state index in [0.717, 1.165) is 30.5 Å². The smallest absolute Gasteiger partial charge is 0.191 e. The van der Waals surface area contributed by atoms with Gasteiger partial charge in [0.1, 0.15) is 6.54 Å². The van der Waals surface area contributed by atoms with E-state index in [-0.39, 0.29) is 0 Å². The van der Waals surface area contributed by atoms with Gasteiger partial charge in [-0.2, -0.15) is 4.57 Å². The van der Waals surface area contributed by atoms with Crippen LogP contribution in [0.15, 0.2) is 91.0 Å². The van der Waals surface area contributed by atoms with Gasteiger partial charge in [-0.05, 0) is 50.2 Å². The maximum atomic E-state index is 3.54. The zero-order valence-electron chi connectivity index (χ0n) is 19.2. The van der Waals surface area contributed by atoms with Crippen molar-refractivity contribution in [1.82, 2.24) is 0 Å². The number of hydrogen-bond acceptors (Lipinski definition) is 0. The Kier molecular flexibility index (Phi) is 6.83. The van der Waals surface area contributed by atoms with Crippen LogP contribution in [0.25, 0.3) is 22.5 Å². The molecule has 0 spiro atoms. The molecule has 0 unspecified atom stereocenters. The van der Waals surface area contributed by atoms with Crippen LogP contribution in [-0.2, 0) is 6.54 Å². The van der Waals surface area contributed by atoms with Crippen molar-refractivity contribution in [2.24, 2.45) is 0 Å². The van der Waals surface area contributed by atoms with Crippen molar-refractivity contribution in [3.8, 4) is 34.4 Å². The Labute approximate surface area is 192 Å². The van der Waals surface area contributed by atoms with E-state index in [1.807, 2.05) is 18.2 Å². The summed E-state index contributed by atoms with van der Waals surface area (Å²) in [6, 6.07) is 31.7. The highest BCUT2D eigenvalue weighted by molar-refractivity contribution is 5.71. The minimum Gasteiger partial charge on any atom is -0.191 e. The number of hydrogen-bond donors (Lipinski definition) is 0. The Bertz CT molecular complexity index is 1180. The minimum atomic E-state index is 0.985. The zero-order valence-corrected chi connectivity index (χ0v) is 19.2. The number of rotatable bonds is 5. The average molecular weight is 417 g/mol. The third kappa shape index (κ3) is 4.51. The second-order valence-electron chi connectivity index (χ2n) is 8.18. The number of unbranched alkanes of at least 4 members (excludes halogenated alkanes) is 1. The van der Waals surface area contributed by atoms with E-state index in [4.69, 9.17) is 0 Å². The third-order valence-electron chi connectivity index (χ3n) is 5.94. The summed E-state index contributed by atoms with van der Waals surface area (Å²) in [6.45, 7) is 7.69. The summed E-state index contributed by atoms with van der Waals surface area (Å²) in [6.07, 6.45) is 2.29. The van der Waals surface area contributed by atoms with Gasteiger partial charge in [-0.1, -0.05) is 79.8 Å². The molecule has 3 aromatic carbocycles. The second kappa shape index (κ2) is 10.1. The van der Waals surface area contributed by atoms with E-state index in [2.05, 4.69) is 110 Å². The number of benzene rings is 3. The second-order valence-corrected chi connectivity index (χ2v) is 8.18. The van der Waals surface area contributed by atoms with Crippen molar-refractivity contribution < 1.29 is 4.57 Å². The van der Waals surface area contributed by atoms with Gasteiger partial charge in [0, 0.05) is 39.8 Å². The van der Waals surface area contributed by atoms with Crippen LogP contribution in [0.5, 0.6) is 0 Å². The lowest BCUT2D eigenvalue weighted by Gasteiger charge is -2.17. The average Bonchev–Trinajstić information content (AvgIpc) is 2.84. The lowest BCUT2D eigenvalue weighted by Crippen LogP contribution is -2.41. The molecular weight excluding hydrogens is 386 g/mol. The van der Waals surface area contributed by atoms with Gasteiger partial charge in [0.25, 0.3) is 0 Å². The van der Waals surface area contributed by atoms with Crippen molar-refractivity contribution in [2.45, 2.75) is 40.2 Å². The Hall–Kier alpha value is -3.63. The molecule has 0 amide bonds. The largest absolute Gasteiger partial charge is 0.217 e. The van der Waals surface area contributed by atoms with Crippen molar-refractivity contribution in [1.29, 1.82) is 0 Å². The molecular formula is C31H30N+. The molecule has 4 rings (SSSR count). The molecule has 0 radical (unpaired) electrons. The van der Waals surface area contributed by atoms with E-state index in [9.17, 15) is 0 Å². The first-order chi connectivity index (χ1) is 15.7. The third-order valence-corrected chi connectivity index (χ3v) is 5.94. The number of aromatic nitrogens is 1. The number of nitrogens with zero attached hydrogens (tertiary/aromatic N) is 1. The predicted molar refractivity (Wildman–Crippen MR) is 134 cm³/mol. The van der Waals surface area contributed by atoms with E-state index < -0.39 is 0 Å². The first-order valence-corrected chi connectivity index (χ1v) is 11.5. The van der Waals surface area contributed by atoms with Crippen LogP contribution in [0, 0.1) is 25.7 Å². The van der Waals surface area contributed by atoms with Gasteiger partial charge in [-0.25, -0.2) is 0 Å². The maximum absolute atomic E-state index is 3.54. The van der Waals surface area contributed by atoms with Crippen LogP contribution in [-0.4, -0.2) is 0 Å². The fraction of sp³-hybridized carbons (Fsp3) is 0.194. The molecule has 0 fully saturated rings. The fourth-order valence-corrected chi connectivity index (χ4v) is 4.35. The first kappa shape index (κ1) is 21.6. The molecule has 0 bridgehead atoms. The molecule has 0 aliphatic rings. The molecule has 32 heavy (non-hydrogen) atoms. The fourth-order valence-electron chi connectivity index (χ4n) is 4.35. The zero-order chi connectivity index (χ0) is 22.3. The Balaban J connectivity index is 2.04. The van der Waals surface area contributed by atoms with Crippen molar-refractivity contribution >= 4 is 0 Å². The van der Waals surface area contributed by atoms with Crippen LogP contribution in [0.3, 0.4) is 0 Å². The quantitative estimate of drug-likeness (QED) is 0.241. The highest BCUT2D eigenvalue weighted by atomic mass is 15.0. The summed E-state index contributed by atoms with van der Waals surface area (Å²) in [5.41, 5.74) is 9.65. The highest BCUT2D eigenvalue weighted by Crippen LogP contribution is 2.31. The highest BCUT2D eigenvalue weighted by Gasteiger charge is 2.28. The maximum Gasteiger partial charge on any atom is 0.217 e. The minimum absolute atomic E-state index is 0.985. The van der Waals surface area contributed by atoms with Gasteiger partial charge < -0.3 is 0 Å². The van der Waals surface area contributed by atoms with Gasteiger partial charge in [0.2, 0.25) is 11.4 Å². The van der Waals surface area contributed by atoms with E-state index in [1.54, 1.807) is 0 Å². The van der Waals surface area contributed by atoms with Gasteiger partial charge in [-0.15, -0.1) is 0 Å². The van der Waals surface area contributed by atoms with Gasteiger partial charge >= 0.3 is 0 Å². The summed E-state index contributed by atoms with van der Waals surface area (Å²) < 4.78 is 2.52. The molecule has 0 saturated heterocycles. The van der Waals surface area contributed by atoms with E-state index in [1.165, 1.54) is 33.6 Å². The monoisotopic (exact) mass is 416 g/mol. The van der Waals surface area contributed by atoms with Crippen LogP contribution in [0.2, 0.25) is 0 Å². The van der Waals surface area contributed by atoms with Crippen LogP contribution >= 0.6 is 0 Å². The van der Waals surface area contributed by atoms with Gasteiger partial charge in [-0.3, -0.25) is 0 Å². The molecule has 1 aromatic heterocycles. The van der Waals surface area contributed by atoms with E-state index in [0.29, 0.717) is 0 Å². The first-order valence-electron chi connectivity index (χ1n) is 11.5. The van der Waals surface area contributed by atoms with Crippen molar-refractivity contribution in [3.63, 3.8) is 0 Å². The molecule has 158 valence electrons. The topological polar surface area (TPSA) is 3.88 Å². The lowest BCUT2D eigenvalue weighted by atomic mass is 9.93. The molecule has 0 aliphatic carbocycles. The molecule has 0 atom stereocenters. The molecule has 0 saturated carbocycles. The summed E-state index contributed by atoms with van der Waals surface area (Å²) in [5, 5.41) is 0. The van der Waals surface area contributed by atoms with Crippen molar-refractivity contribution in [2.75, 3.05) is 0 Å². The van der Waals surface area contributed by atoms with Gasteiger partial charge in [0.15, 0.2) is 0 Å². The van der Waals surface area contributed by atoms with Gasteiger partial charge in [0.05, 0.1) is 0 Å². The standard InChI is InChI=1S/C31H30N/c1-4-5-23-32-30(27-17-11-7-12-18-27)24(2)29(22-21-26-15-9-6-10-16-26)25(3)31(32)28-19-13-8-14-20-28/h6-20H,4-5,23H2,1-3H3/q+1.